The van der Waals surface area contributed by atoms with Crippen molar-refractivity contribution in [2.24, 2.45) is 0 Å². The number of likely N-dealkylation sites (N-methyl/N-ethyl adjacent to an activating group) is 1. The van der Waals surface area contributed by atoms with Crippen LogP contribution in [0.2, 0.25) is 0 Å². The van der Waals surface area contributed by atoms with Crippen LogP contribution in [0.5, 0.6) is 0 Å². The molecule has 3 unspecified atom stereocenters. The van der Waals surface area contributed by atoms with E-state index in [1.807, 2.05) is 6.92 Å². The Hall–Kier alpha value is -0.610. The first-order valence-corrected chi connectivity index (χ1v) is 8.81. The molecule has 0 aromatic heterocycles. The maximum Gasteiger partial charge on any atom is 0.326 e. The van der Waals surface area contributed by atoms with E-state index in [9.17, 15) is 4.79 Å². The lowest BCUT2D eigenvalue weighted by Gasteiger charge is -2.34. The molecule has 0 bridgehead atoms. The highest BCUT2D eigenvalue weighted by Crippen LogP contribution is 2.36. The van der Waals surface area contributed by atoms with E-state index < -0.39 is 5.54 Å². The second-order valence-electron chi connectivity index (χ2n) is 6.67. The van der Waals surface area contributed by atoms with Gasteiger partial charge in [-0.15, -0.1) is 0 Å². The quantitative estimate of drug-likeness (QED) is 0.792. The standard InChI is InChI=1S/C17H32N2O2/c1-4-18-17(16(20)21-5-2)11-10-15(13-17)19-12-8-6-7-9-14(19)3/h14-15,18H,4-13H2,1-3H3. The lowest BCUT2D eigenvalue weighted by molar-refractivity contribution is -0.151. The summed E-state index contributed by atoms with van der Waals surface area (Å²) in [5.74, 6) is -0.0446. The van der Waals surface area contributed by atoms with Crippen LogP contribution in [0.25, 0.3) is 0 Å². The summed E-state index contributed by atoms with van der Waals surface area (Å²) in [7, 11) is 0. The highest BCUT2D eigenvalue weighted by molar-refractivity contribution is 5.81. The monoisotopic (exact) mass is 296 g/mol. The topological polar surface area (TPSA) is 41.6 Å². The Morgan fingerprint density at radius 2 is 2.10 bits per heavy atom. The van der Waals surface area contributed by atoms with Crippen molar-refractivity contribution in [1.82, 2.24) is 10.2 Å². The van der Waals surface area contributed by atoms with Crippen molar-refractivity contribution < 1.29 is 9.53 Å². The normalized spacial score (nSPS) is 34.6. The Labute approximate surface area is 129 Å². The minimum Gasteiger partial charge on any atom is -0.465 e. The number of carbonyl (C=O) groups is 1. The highest BCUT2D eigenvalue weighted by Gasteiger charge is 2.47. The van der Waals surface area contributed by atoms with Gasteiger partial charge in [0.2, 0.25) is 0 Å². The van der Waals surface area contributed by atoms with Crippen molar-refractivity contribution in [2.45, 2.75) is 83.3 Å². The van der Waals surface area contributed by atoms with E-state index in [1.165, 1.54) is 32.2 Å². The zero-order valence-electron chi connectivity index (χ0n) is 14.0. The first-order valence-electron chi connectivity index (χ1n) is 8.81. The molecule has 3 atom stereocenters. The Kier molecular flexibility index (Phi) is 6.06. The molecule has 1 aliphatic carbocycles. The van der Waals surface area contributed by atoms with Crippen LogP contribution >= 0.6 is 0 Å². The Bertz CT molecular complexity index is 348. The Balaban J connectivity index is 2.06. The number of carbonyl (C=O) groups excluding carboxylic acids is 1. The van der Waals surface area contributed by atoms with Crippen LogP contribution < -0.4 is 5.32 Å². The van der Waals surface area contributed by atoms with Crippen LogP contribution in [-0.2, 0) is 9.53 Å². The number of ether oxygens (including phenoxy) is 1. The minimum absolute atomic E-state index is 0.0446. The summed E-state index contributed by atoms with van der Waals surface area (Å²) >= 11 is 0. The first kappa shape index (κ1) is 16.8. The molecule has 1 heterocycles. The minimum atomic E-state index is -0.443. The van der Waals surface area contributed by atoms with Crippen molar-refractivity contribution in [2.75, 3.05) is 19.7 Å². The van der Waals surface area contributed by atoms with Crippen molar-refractivity contribution in [3.05, 3.63) is 0 Å². The maximum atomic E-state index is 12.4. The molecular formula is C17H32N2O2. The number of hydrogen-bond donors (Lipinski definition) is 1. The Morgan fingerprint density at radius 3 is 2.81 bits per heavy atom. The number of rotatable bonds is 5. The number of esters is 1. The summed E-state index contributed by atoms with van der Waals surface area (Å²) in [6, 6.07) is 1.18. The van der Waals surface area contributed by atoms with E-state index in [0.717, 1.165) is 25.8 Å². The van der Waals surface area contributed by atoms with E-state index in [0.29, 0.717) is 18.7 Å². The molecule has 0 aromatic carbocycles. The second-order valence-corrected chi connectivity index (χ2v) is 6.67. The van der Waals surface area contributed by atoms with Crippen LogP contribution in [-0.4, -0.2) is 48.2 Å². The molecule has 122 valence electrons. The van der Waals surface area contributed by atoms with Gasteiger partial charge in [-0.25, -0.2) is 0 Å². The van der Waals surface area contributed by atoms with Gasteiger partial charge in [0.05, 0.1) is 6.61 Å². The van der Waals surface area contributed by atoms with Gasteiger partial charge in [-0.2, -0.15) is 0 Å². The molecule has 0 amide bonds. The zero-order valence-corrected chi connectivity index (χ0v) is 14.0. The van der Waals surface area contributed by atoms with E-state index in [-0.39, 0.29) is 5.97 Å². The average molecular weight is 296 g/mol. The van der Waals surface area contributed by atoms with Crippen molar-refractivity contribution in [1.29, 1.82) is 0 Å². The van der Waals surface area contributed by atoms with Crippen molar-refractivity contribution >= 4 is 5.97 Å². The van der Waals surface area contributed by atoms with E-state index in [2.05, 4.69) is 24.1 Å². The summed E-state index contributed by atoms with van der Waals surface area (Å²) in [6.45, 7) is 8.79. The molecule has 4 heteroatoms. The fourth-order valence-corrected chi connectivity index (χ4v) is 4.17. The highest BCUT2D eigenvalue weighted by atomic mass is 16.5. The van der Waals surface area contributed by atoms with Crippen molar-refractivity contribution in [3.8, 4) is 0 Å². The molecule has 1 aliphatic heterocycles. The molecule has 0 spiro atoms. The number of nitrogens with zero attached hydrogens (tertiary/aromatic N) is 1. The maximum absolute atomic E-state index is 12.4. The molecular weight excluding hydrogens is 264 g/mol. The van der Waals surface area contributed by atoms with Crippen LogP contribution in [0.3, 0.4) is 0 Å². The van der Waals surface area contributed by atoms with Crippen LogP contribution in [0.4, 0.5) is 0 Å². The predicted molar refractivity (Wildman–Crippen MR) is 85.3 cm³/mol. The van der Waals surface area contributed by atoms with Gasteiger partial charge in [0, 0.05) is 12.1 Å². The van der Waals surface area contributed by atoms with Crippen LogP contribution in [0.1, 0.15) is 65.7 Å². The molecule has 0 radical (unpaired) electrons. The average Bonchev–Trinajstić information content (AvgIpc) is 2.77. The van der Waals surface area contributed by atoms with Crippen LogP contribution in [0, 0.1) is 0 Å². The van der Waals surface area contributed by atoms with E-state index in [4.69, 9.17) is 4.74 Å². The SMILES string of the molecule is CCNC1(C(=O)OCC)CCC(N2CCCCCC2C)C1. The Morgan fingerprint density at radius 1 is 1.29 bits per heavy atom. The summed E-state index contributed by atoms with van der Waals surface area (Å²) in [6.07, 6.45) is 8.22. The van der Waals surface area contributed by atoms with Crippen LogP contribution in [0.15, 0.2) is 0 Å². The molecule has 0 aromatic rings. The zero-order chi connectivity index (χ0) is 15.3. The van der Waals surface area contributed by atoms with Gasteiger partial charge < -0.3 is 10.1 Å². The van der Waals surface area contributed by atoms with E-state index >= 15 is 0 Å². The first-order chi connectivity index (χ1) is 10.1. The molecule has 1 saturated heterocycles. The molecule has 1 N–H and O–H groups in total. The smallest absolute Gasteiger partial charge is 0.326 e. The number of hydrogen-bond acceptors (Lipinski definition) is 4. The van der Waals surface area contributed by atoms with Crippen molar-refractivity contribution in [3.63, 3.8) is 0 Å². The third kappa shape index (κ3) is 3.78. The third-order valence-corrected chi connectivity index (χ3v) is 5.24. The summed E-state index contributed by atoms with van der Waals surface area (Å²) in [4.78, 5) is 15.1. The number of likely N-dealkylation sites (tertiary alicyclic amines) is 1. The summed E-state index contributed by atoms with van der Waals surface area (Å²) in [5.41, 5.74) is -0.443. The second kappa shape index (κ2) is 7.59. The molecule has 2 aliphatic rings. The van der Waals surface area contributed by atoms with Gasteiger partial charge in [0.1, 0.15) is 5.54 Å². The predicted octanol–water partition coefficient (Wildman–Crippen LogP) is 2.71. The third-order valence-electron chi connectivity index (χ3n) is 5.24. The van der Waals surface area contributed by atoms with Gasteiger partial charge in [-0.3, -0.25) is 9.69 Å². The van der Waals surface area contributed by atoms with Gasteiger partial charge in [-0.05, 0) is 59.0 Å². The molecule has 4 nitrogen and oxygen atoms in total. The molecule has 1 saturated carbocycles. The summed E-state index contributed by atoms with van der Waals surface area (Å²) < 4.78 is 5.35. The van der Waals surface area contributed by atoms with E-state index in [1.54, 1.807) is 0 Å². The fourth-order valence-electron chi connectivity index (χ4n) is 4.17. The lowest BCUT2D eigenvalue weighted by Crippen LogP contribution is -2.52. The van der Waals surface area contributed by atoms with Gasteiger partial charge >= 0.3 is 5.97 Å². The van der Waals surface area contributed by atoms with Gasteiger partial charge in [0.15, 0.2) is 0 Å². The largest absolute Gasteiger partial charge is 0.465 e. The summed E-state index contributed by atoms with van der Waals surface area (Å²) in [5, 5.41) is 3.44. The lowest BCUT2D eigenvalue weighted by atomic mass is 9.96. The molecule has 2 rings (SSSR count). The number of nitrogens with one attached hydrogen (secondary N) is 1. The van der Waals surface area contributed by atoms with Gasteiger partial charge in [-0.1, -0.05) is 19.8 Å². The fraction of sp³-hybridized carbons (Fsp3) is 0.941. The van der Waals surface area contributed by atoms with Gasteiger partial charge in [0.25, 0.3) is 0 Å². The molecule has 2 fully saturated rings. The molecule has 21 heavy (non-hydrogen) atoms.